The lowest BCUT2D eigenvalue weighted by Gasteiger charge is -2.02. The van der Waals surface area contributed by atoms with Crippen LogP contribution in [0.25, 0.3) is 0 Å². The smallest absolute Gasteiger partial charge is 0.127 e. The summed E-state index contributed by atoms with van der Waals surface area (Å²) >= 11 is 8.75. The van der Waals surface area contributed by atoms with Crippen LogP contribution in [0.5, 0.6) is 0 Å². The van der Waals surface area contributed by atoms with E-state index in [2.05, 4.69) is 15.9 Å². The molecule has 0 aliphatic rings. The highest BCUT2D eigenvalue weighted by atomic mass is 79.9. The summed E-state index contributed by atoms with van der Waals surface area (Å²) < 4.78 is 14.0. The van der Waals surface area contributed by atoms with E-state index in [1.54, 1.807) is 0 Å². The molecule has 0 radical (unpaired) electrons. The summed E-state index contributed by atoms with van der Waals surface area (Å²) in [6.07, 6.45) is 2.66. The molecule has 0 fully saturated rings. The number of aryl methyl sites for hydroxylation is 1. The van der Waals surface area contributed by atoms with Gasteiger partial charge in [-0.05, 0) is 37.0 Å². The van der Waals surface area contributed by atoms with Crippen LogP contribution in [-0.4, -0.2) is 5.88 Å². The minimum atomic E-state index is -0.135. The van der Waals surface area contributed by atoms with Crippen molar-refractivity contribution in [3.8, 4) is 0 Å². The van der Waals surface area contributed by atoms with Gasteiger partial charge in [-0.25, -0.2) is 4.39 Å². The highest BCUT2D eigenvalue weighted by molar-refractivity contribution is 9.10. The van der Waals surface area contributed by atoms with Crippen molar-refractivity contribution >= 4 is 27.5 Å². The predicted octanol–water partition coefficient (Wildman–Crippen LogP) is 4.15. The number of rotatable bonds is 4. The molecule has 0 amide bonds. The lowest BCUT2D eigenvalue weighted by molar-refractivity contribution is 0.602. The molecule has 0 aliphatic heterocycles. The van der Waals surface area contributed by atoms with Gasteiger partial charge >= 0.3 is 0 Å². The van der Waals surface area contributed by atoms with E-state index in [0.717, 1.165) is 29.3 Å². The maximum atomic E-state index is 13.2. The van der Waals surface area contributed by atoms with Crippen molar-refractivity contribution in [2.45, 2.75) is 19.3 Å². The molecule has 13 heavy (non-hydrogen) atoms. The number of hydrogen-bond acceptors (Lipinski definition) is 0. The average Bonchev–Trinajstić information content (AvgIpc) is 2.09. The van der Waals surface area contributed by atoms with Gasteiger partial charge in [0.25, 0.3) is 0 Å². The van der Waals surface area contributed by atoms with Gasteiger partial charge in [-0.15, -0.1) is 11.6 Å². The zero-order valence-corrected chi connectivity index (χ0v) is 9.54. The lowest BCUT2D eigenvalue weighted by atomic mass is 10.1. The maximum absolute atomic E-state index is 13.2. The zero-order chi connectivity index (χ0) is 9.68. The Hall–Kier alpha value is -0.0800. The van der Waals surface area contributed by atoms with Gasteiger partial charge in [-0.1, -0.05) is 22.0 Å². The fourth-order valence-corrected chi connectivity index (χ4v) is 1.66. The summed E-state index contributed by atoms with van der Waals surface area (Å²) in [5.41, 5.74) is 0.772. The van der Waals surface area contributed by atoms with Crippen LogP contribution in [0.3, 0.4) is 0 Å². The van der Waals surface area contributed by atoms with E-state index in [1.807, 2.05) is 12.1 Å². The van der Waals surface area contributed by atoms with Gasteiger partial charge in [-0.3, -0.25) is 0 Å². The zero-order valence-electron chi connectivity index (χ0n) is 7.19. The first-order valence-corrected chi connectivity index (χ1v) is 5.56. The standard InChI is InChI=1S/C10H11BrClF/c11-9-5-4-8(10(13)7-9)3-1-2-6-12/h4-5,7H,1-3,6H2. The van der Waals surface area contributed by atoms with E-state index < -0.39 is 0 Å². The fourth-order valence-electron chi connectivity index (χ4n) is 1.13. The largest absolute Gasteiger partial charge is 0.207 e. The highest BCUT2D eigenvalue weighted by Gasteiger charge is 2.01. The summed E-state index contributed by atoms with van der Waals surface area (Å²) in [7, 11) is 0. The summed E-state index contributed by atoms with van der Waals surface area (Å²) in [4.78, 5) is 0. The van der Waals surface area contributed by atoms with Crippen molar-refractivity contribution in [3.05, 3.63) is 34.1 Å². The van der Waals surface area contributed by atoms with Gasteiger partial charge in [0, 0.05) is 10.4 Å². The van der Waals surface area contributed by atoms with Crippen molar-refractivity contribution in [2.24, 2.45) is 0 Å². The third-order valence-corrected chi connectivity index (χ3v) is 2.61. The first-order valence-electron chi connectivity index (χ1n) is 4.24. The van der Waals surface area contributed by atoms with E-state index in [4.69, 9.17) is 11.6 Å². The Labute approximate surface area is 91.2 Å². The first kappa shape index (κ1) is 11.0. The summed E-state index contributed by atoms with van der Waals surface area (Å²) in [5.74, 6) is 0.516. The Morgan fingerprint density at radius 1 is 1.31 bits per heavy atom. The van der Waals surface area contributed by atoms with E-state index in [-0.39, 0.29) is 5.82 Å². The van der Waals surface area contributed by atoms with Crippen molar-refractivity contribution in [1.82, 2.24) is 0 Å². The van der Waals surface area contributed by atoms with Gasteiger partial charge in [0.15, 0.2) is 0 Å². The van der Waals surface area contributed by atoms with Crippen LogP contribution < -0.4 is 0 Å². The molecule has 3 heteroatoms. The molecule has 0 saturated heterocycles. The molecule has 0 N–H and O–H groups in total. The molecular formula is C10H11BrClF. The fraction of sp³-hybridized carbons (Fsp3) is 0.400. The van der Waals surface area contributed by atoms with Gasteiger partial charge in [-0.2, -0.15) is 0 Å². The Balaban J connectivity index is 2.56. The molecule has 0 aliphatic carbocycles. The number of hydrogen-bond donors (Lipinski definition) is 0. The van der Waals surface area contributed by atoms with Crippen LogP contribution in [0.2, 0.25) is 0 Å². The van der Waals surface area contributed by atoms with E-state index in [9.17, 15) is 4.39 Å². The molecule has 1 aromatic carbocycles. The van der Waals surface area contributed by atoms with Crippen molar-refractivity contribution < 1.29 is 4.39 Å². The van der Waals surface area contributed by atoms with E-state index in [0.29, 0.717) is 5.88 Å². The number of unbranched alkanes of at least 4 members (excludes halogenated alkanes) is 1. The van der Waals surface area contributed by atoms with Gasteiger partial charge in [0.2, 0.25) is 0 Å². The Bertz CT molecular complexity index is 276. The van der Waals surface area contributed by atoms with Gasteiger partial charge in [0.05, 0.1) is 0 Å². The SMILES string of the molecule is Fc1cc(Br)ccc1CCCCCl. The quantitative estimate of drug-likeness (QED) is 0.567. The second-order valence-electron chi connectivity index (χ2n) is 2.88. The molecule has 0 atom stereocenters. The van der Waals surface area contributed by atoms with Crippen LogP contribution in [0.1, 0.15) is 18.4 Å². The molecule has 0 nitrogen and oxygen atoms in total. The minimum absolute atomic E-state index is 0.135. The second-order valence-corrected chi connectivity index (χ2v) is 4.18. The van der Waals surface area contributed by atoms with Gasteiger partial charge in [0.1, 0.15) is 5.82 Å². The summed E-state index contributed by atoms with van der Waals surface area (Å²) in [5, 5.41) is 0. The monoisotopic (exact) mass is 264 g/mol. The Morgan fingerprint density at radius 3 is 2.69 bits per heavy atom. The summed E-state index contributed by atoms with van der Waals surface area (Å²) in [6.45, 7) is 0. The topological polar surface area (TPSA) is 0 Å². The second kappa shape index (κ2) is 5.61. The summed E-state index contributed by atoms with van der Waals surface area (Å²) in [6, 6.07) is 5.17. The van der Waals surface area contributed by atoms with Crippen LogP contribution in [0.4, 0.5) is 4.39 Å². The maximum Gasteiger partial charge on any atom is 0.127 e. The number of halogens is 3. The normalized spacial score (nSPS) is 10.4. The Kier molecular flexibility index (Phi) is 4.74. The molecule has 1 rings (SSSR count). The molecule has 72 valence electrons. The molecule has 0 saturated carbocycles. The molecule has 0 spiro atoms. The third-order valence-electron chi connectivity index (χ3n) is 1.84. The van der Waals surface area contributed by atoms with Crippen molar-refractivity contribution in [3.63, 3.8) is 0 Å². The molecule has 0 unspecified atom stereocenters. The van der Waals surface area contributed by atoms with Crippen LogP contribution in [0.15, 0.2) is 22.7 Å². The molecule has 0 aromatic heterocycles. The Morgan fingerprint density at radius 2 is 2.08 bits per heavy atom. The first-order chi connectivity index (χ1) is 6.24. The third kappa shape index (κ3) is 3.65. The van der Waals surface area contributed by atoms with Gasteiger partial charge < -0.3 is 0 Å². The van der Waals surface area contributed by atoms with E-state index in [1.165, 1.54) is 6.07 Å². The number of alkyl halides is 1. The van der Waals surface area contributed by atoms with E-state index >= 15 is 0 Å². The van der Waals surface area contributed by atoms with Crippen LogP contribution in [-0.2, 0) is 6.42 Å². The predicted molar refractivity (Wildman–Crippen MR) is 57.8 cm³/mol. The molecule has 0 bridgehead atoms. The molecule has 1 aromatic rings. The molecular weight excluding hydrogens is 254 g/mol. The molecule has 0 heterocycles. The minimum Gasteiger partial charge on any atom is -0.207 e. The number of benzene rings is 1. The highest BCUT2D eigenvalue weighted by Crippen LogP contribution is 2.16. The van der Waals surface area contributed by atoms with Crippen molar-refractivity contribution in [2.75, 3.05) is 5.88 Å². The van der Waals surface area contributed by atoms with Crippen molar-refractivity contribution in [1.29, 1.82) is 0 Å². The average molecular weight is 266 g/mol. The lowest BCUT2D eigenvalue weighted by Crippen LogP contribution is -1.91. The van der Waals surface area contributed by atoms with Crippen LogP contribution >= 0.6 is 27.5 Å². The van der Waals surface area contributed by atoms with Crippen LogP contribution in [0, 0.1) is 5.82 Å².